The normalized spacial score (nSPS) is 21.7. The lowest BCUT2D eigenvalue weighted by Crippen LogP contribution is -2.42. The smallest absolute Gasteiger partial charge is 0.329 e. The van der Waals surface area contributed by atoms with Crippen LogP contribution in [0.4, 0.5) is 4.79 Å². The van der Waals surface area contributed by atoms with Gasteiger partial charge in [-0.15, -0.1) is 0 Å². The third-order valence-electron chi connectivity index (χ3n) is 2.48. The first-order valence-corrected chi connectivity index (χ1v) is 5.42. The lowest BCUT2D eigenvalue weighted by Gasteiger charge is -2.05. The second-order valence-electron chi connectivity index (χ2n) is 3.92. The molecule has 17 heavy (non-hydrogen) atoms. The summed E-state index contributed by atoms with van der Waals surface area (Å²) < 4.78 is 4.53. The summed E-state index contributed by atoms with van der Waals surface area (Å²) in [7, 11) is 0. The molecule has 0 radical (unpaired) electrons. The Kier molecular flexibility index (Phi) is 4.89. The predicted molar refractivity (Wildman–Crippen MR) is 57.3 cm³/mol. The van der Waals surface area contributed by atoms with Crippen LogP contribution < -0.4 is 10.6 Å². The Balaban J connectivity index is 2.09. The van der Waals surface area contributed by atoms with Crippen LogP contribution in [0.5, 0.6) is 0 Å². The van der Waals surface area contributed by atoms with Gasteiger partial charge in [0.2, 0.25) is 0 Å². The summed E-state index contributed by atoms with van der Waals surface area (Å²) in [6, 6.07) is -0.414. The molecule has 1 rings (SSSR count). The zero-order valence-electron chi connectivity index (χ0n) is 9.56. The van der Waals surface area contributed by atoms with Crippen molar-refractivity contribution in [3.63, 3.8) is 0 Å². The maximum atomic E-state index is 11.2. The number of rotatable bonds is 6. The Morgan fingerprint density at radius 3 is 2.59 bits per heavy atom. The van der Waals surface area contributed by atoms with E-state index < -0.39 is 31.1 Å². The average molecular weight is 244 g/mol. The van der Waals surface area contributed by atoms with Gasteiger partial charge in [-0.3, -0.25) is 10.1 Å². The highest BCUT2D eigenvalue weighted by Gasteiger charge is 2.36. The first-order valence-electron chi connectivity index (χ1n) is 5.42. The SMILES string of the molecule is CCC1CC1NC(=O)NC(=O)COCC(=O)O. The monoisotopic (exact) mass is 244 g/mol. The van der Waals surface area contributed by atoms with E-state index in [1.165, 1.54) is 0 Å². The van der Waals surface area contributed by atoms with Crippen LogP contribution >= 0.6 is 0 Å². The highest BCUT2D eigenvalue weighted by atomic mass is 16.5. The zero-order chi connectivity index (χ0) is 12.8. The van der Waals surface area contributed by atoms with Crippen LogP contribution in [0.25, 0.3) is 0 Å². The van der Waals surface area contributed by atoms with Crippen LogP contribution in [0.1, 0.15) is 19.8 Å². The number of hydrogen-bond donors (Lipinski definition) is 3. The fourth-order valence-electron chi connectivity index (χ4n) is 1.47. The van der Waals surface area contributed by atoms with Crippen LogP contribution in [-0.4, -0.2) is 42.3 Å². The number of carbonyl (C=O) groups is 3. The molecule has 0 heterocycles. The molecular weight excluding hydrogens is 228 g/mol. The second-order valence-corrected chi connectivity index (χ2v) is 3.92. The third-order valence-corrected chi connectivity index (χ3v) is 2.48. The third kappa shape index (κ3) is 5.30. The molecule has 0 aromatic rings. The largest absolute Gasteiger partial charge is 0.480 e. The number of carboxylic acid groups (broad SMARTS) is 1. The summed E-state index contributed by atoms with van der Waals surface area (Å²) in [6.45, 7) is 1.03. The zero-order valence-corrected chi connectivity index (χ0v) is 9.56. The molecule has 2 unspecified atom stereocenters. The van der Waals surface area contributed by atoms with Crippen molar-refractivity contribution >= 4 is 17.9 Å². The first kappa shape index (κ1) is 13.4. The van der Waals surface area contributed by atoms with Gasteiger partial charge in [0.15, 0.2) is 0 Å². The number of amides is 3. The van der Waals surface area contributed by atoms with Crippen LogP contribution in [0, 0.1) is 5.92 Å². The summed E-state index contributed by atoms with van der Waals surface area (Å²) in [5.41, 5.74) is 0. The fraction of sp³-hybridized carbons (Fsp3) is 0.700. The van der Waals surface area contributed by atoms with Crippen molar-refractivity contribution in [1.82, 2.24) is 10.6 Å². The van der Waals surface area contributed by atoms with Crippen molar-refractivity contribution in [2.24, 2.45) is 5.92 Å². The number of carbonyl (C=O) groups excluding carboxylic acids is 2. The minimum atomic E-state index is -1.16. The van der Waals surface area contributed by atoms with E-state index in [0.717, 1.165) is 12.8 Å². The second kappa shape index (κ2) is 6.19. The van der Waals surface area contributed by atoms with E-state index in [0.29, 0.717) is 5.92 Å². The van der Waals surface area contributed by atoms with Crippen molar-refractivity contribution in [3.8, 4) is 0 Å². The van der Waals surface area contributed by atoms with E-state index in [-0.39, 0.29) is 6.04 Å². The minimum Gasteiger partial charge on any atom is -0.480 e. The molecule has 2 atom stereocenters. The van der Waals surface area contributed by atoms with Gasteiger partial charge in [-0.05, 0) is 12.3 Å². The van der Waals surface area contributed by atoms with Gasteiger partial charge in [0.25, 0.3) is 5.91 Å². The topological polar surface area (TPSA) is 105 Å². The molecule has 3 N–H and O–H groups in total. The van der Waals surface area contributed by atoms with E-state index >= 15 is 0 Å². The Labute approximate surface area is 98.5 Å². The fourth-order valence-corrected chi connectivity index (χ4v) is 1.47. The highest BCUT2D eigenvalue weighted by molar-refractivity contribution is 5.95. The highest BCUT2D eigenvalue weighted by Crippen LogP contribution is 2.32. The summed E-state index contributed by atoms with van der Waals surface area (Å²) in [5, 5.41) is 13.0. The van der Waals surface area contributed by atoms with Gasteiger partial charge in [0.05, 0.1) is 0 Å². The van der Waals surface area contributed by atoms with E-state index in [4.69, 9.17) is 5.11 Å². The molecule has 1 fully saturated rings. The van der Waals surface area contributed by atoms with Gasteiger partial charge >= 0.3 is 12.0 Å². The summed E-state index contributed by atoms with van der Waals surface area (Å²) in [6.07, 6.45) is 1.94. The number of nitrogens with one attached hydrogen (secondary N) is 2. The molecule has 0 bridgehead atoms. The predicted octanol–water partition coefficient (Wildman–Crippen LogP) is -0.288. The van der Waals surface area contributed by atoms with Crippen LogP contribution in [0.2, 0.25) is 0 Å². The van der Waals surface area contributed by atoms with Crippen molar-refractivity contribution < 1.29 is 24.2 Å². The van der Waals surface area contributed by atoms with Gasteiger partial charge < -0.3 is 15.2 Å². The van der Waals surface area contributed by atoms with Gasteiger partial charge in [-0.25, -0.2) is 9.59 Å². The van der Waals surface area contributed by atoms with E-state index in [9.17, 15) is 14.4 Å². The maximum Gasteiger partial charge on any atom is 0.329 e. The van der Waals surface area contributed by atoms with Gasteiger partial charge in [0.1, 0.15) is 13.2 Å². The number of urea groups is 1. The van der Waals surface area contributed by atoms with E-state index in [1.807, 2.05) is 6.92 Å². The molecule has 1 saturated carbocycles. The molecule has 3 amide bonds. The van der Waals surface area contributed by atoms with Crippen LogP contribution in [0.3, 0.4) is 0 Å². The molecule has 7 heteroatoms. The molecular formula is C10H16N2O5. The summed E-state index contributed by atoms with van der Waals surface area (Å²) in [5.74, 6) is -1.32. The number of imide groups is 1. The van der Waals surface area contributed by atoms with Gasteiger partial charge in [-0.1, -0.05) is 13.3 Å². The van der Waals surface area contributed by atoms with E-state index in [1.54, 1.807) is 0 Å². The quantitative estimate of drug-likeness (QED) is 0.595. The van der Waals surface area contributed by atoms with Crippen molar-refractivity contribution in [2.45, 2.75) is 25.8 Å². The molecule has 1 aliphatic rings. The van der Waals surface area contributed by atoms with Crippen molar-refractivity contribution in [3.05, 3.63) is 0 Å². The molecule has 7 nitrogen and oxygen atoms in total. The number of ether oxygens (including phenoxy) is 1. The Morgan fingerprint density at radius 1 is 1.35 bits per heavy atom. The Hall–Kier alpha value is -1.63. The lowest BCUT2D eigenvalue weighted by molar-refractivity contribution is -0.143. The molecule has 1 aliphatic carbocycles. The molecule has 0 saturated heterocycles. The van der Waals surface area contributed by atoms with Crippen molar-refractivity contribution in [1.29, 1.82) is 0 Å². The number of carboxylic acids is 1. The minimum absolute atomic E-state index is 0.146. The standard InChI is InChI=1S/C10H16N2O5/c1-2-6-3-7(6)11-10(16)12-8(13)4-17-5-9(14)15/h6-7H,2-5H2,1H3,(H,14,15)(H2,11,12,13,16). The molecule has 0 aliphatic heterocycles. The Bertz CT molecular complexity index is 318. The number of hydrogen-bond acceptors (Lipinski definition) is 4. The summed E-state index contributed by atoms with van der Waals surface area (Å²) in [4.78, 5) is 32.4. The van der Waals surface area contributed by atoms with Crippen LogP contribution in [-0.2, 0) is 14.3 Å². The van der Waals surface area contributed by atoms with Gasteiger partial charge in [-0.2, -0.15) is 0 Å². The average Bonchev–Trinajstić information content (AvgIpc) is 2.95. The van der Waals surface area contributed by atoms with Crippen LogP contribution in [0.15, 0.2) is 0 Å². The maximum absolute atomic E-state index is 11.2. The Morgan fingerprint density at radius 2 is 2.06 bits per heavy atom. The summed E-state index contributed by atoms with van der Waals surface area (Å²) >= 11 is 0. The van der Waals surface area contributed by atoms with Crippen molar-refractivity contribution in [2.75, 3.05) is 13.2 Å². The molecule has 0 aromatic carbocycles. The number of aliphatic carboxylic acids is 1. The lowest BCUT2D eigenvalue weighted by atomic mass is 10.3. The van der Waals surface area contributed by atoms with E-state index in [2.05, 4.69) is 15.4 Å². The molecule has 0 spiro atoms. The van der Waals surface area contributed by atoms with Gasteiger partial charge in [0, 0.05) is 6.04 Å². The molecule has 0 aromatic heterocycles. The molecule has 96 valence electrons. The first-order chi connectivity index (χ1) is 8.02.